The number of carbonyl (C=O) groups excluding carboxylic acids is 1. The van der Waals surface area contributed by atoms with Gasteiger partial charge in [0.2, 0.25) is 0 Å². The van der Waals surface area contributed by atoms with Crippen molar-refractivity contribution in [1.29, 1.82) is 0 Å². The van der Waals surface area contributed by atoms with E-state index in [-0.39, 0.29) is 17.4 Å². The van der Waals surface area contributed by atoms with E-state index < -0.39 is 0 Å². The zero-order chi connectivity index (χ0) is 16.1. The van der Waals surface area contributed by atoms with E-state index in [1.807, 2.05) is 42.5 Å². The van der Waals surface area contributed by atoms with Gasteiger partial charge in [0.05, 0.1) is 0 Å². The second kappa shape index (κ2) is 6.79. The third-order valence-electron chi connectivity index (χ3n) is 3.44. The zero-order valence-corrected chi connectivity index (χ0v) is 12.4. The first-order chi connectivity index (χ1) is 11.2. The molecule has 2 aromatic carbocycles. The Bertz CT molecular complexity index is 780. The van der Waals surface area contributed by atoms with Crippen LogP contribution in [0.25, 0.3) is 11.3 Å². The van der Waals surface area contributed by atoms with Crippen LogP contribution in [0.3, 0.4) is 0 Å². The minimum Gasteiger partial charge on any atom is -0.508 e. The summed E-state index contributed by atoms with van der Waals surface area (Å²) in [6.07, 6.45) is 0.676. The van der Waals surface area contributed by atoms with Crippen molar-refractivity contribution in [3.8, 4) is 17.1 Å². The summed E-state index contributed by atoms with van der Waals surface area (Å²) in [6.45, 7) is 0.483. The molecule has 5 heteroatoms. The molecule has 0 saturated carbocycles. The largest absolute Gasteiger partial charge is 0.508 e. The predicted molar refractivity (Wildman–Crippen MR) is 86.1 cm³/mol. The quantitative estimate of drug-likeness (QED) is 0.759. The van der Waals surface area contributed by atoms with Gasteiger partial charge in [-0.15, -0.1) is 0 Å². The first-order valence-corrected chi connectivity index (χ1v) is 7.30. The molecule has 116 valence electrons. The fourth-order valence-corrected chi connectivity index (χ4v) is 2.19. The Hall–Kier alpha value is -3.08. The van der Waals surface area contributed by atoms with Crippen LogP contribution in [0.4, 0.5) is 0 Å². The maximum atomic E-state index is 12.1. The summed E-state index contributed by atoms with van der Waals surface area (Å²) in [7, 11) is 0. The van der Waals surface area contributed by atoms with Crippen LogP contribution >= 0.6 is 0 Å². The molecule has 0 bridgehead atoms. The number of benzene rings is 2. The summed E-state index contributed by atoms with van der Waals surface area (Å²) in [6, 6.07) is 18.0. The van der Waals surface area contributed by atoms with E-state index in [0.29, 0.717) is 18.7 Å². The first-order valence-electron chi connectivity index (χ1n) is 7.30. The Morgan fingerprint density at radius 2 is 1.83 bits per heavy atom. The fourth-order valence-electron chi connectivity index (χ4n) is 2.19. The Morgan fingerprint density at radius 3 is 2.57 bits per heavy atom. The molecule has 0 unspecified atom stereocenters. The molecule has 0 spiro atoms. The lowest BCUT2D eigenvalue weighted by molar-refractivity contribution is 0.0945. The third kappa shape index (κ3) is 3.77. The van der Waals surface area contributed by atoms with Crippen LogP contribution in [0.1, 0.15) is 16.1 Å². The molecular weight excluding hydrogens is 292 g/mol. The number of hydrogen-bond acceptors (Lipinski definition) is 4. The highest BCUT2D eigenvalue weighted by Gasteiger charge is 2.13. The van der Waals surface area contributed by atoms with Gasteiger partial charge >= 0.3 is 0 Å². The molecule has 1 amide bonds. The van der Waals surface area contributed by atoms with Gasteiger partial charge in [-0.05, 0) is 24.1 Å². The molecule has 0 saturated heterocycles. The molecule has 23 heavy (non-hydrogen) atoms. The molecule has 1 heterocycles. The fraction of sp³-hybridized carbons (Fsp3) is 0.111. The number of hydrogen-bond donors (Lipinski definition) is 2. The van der Waals surface area contributed by atoms with Crippen molar-refractivity contribution in [1.82, 2.24) is 10.5 Å². The van der Waals surface area contributed by atoms with E-state index in [9.17, 15) is 9.90 Å². The number of rotatable bonds is 5. The minimum atomic E-state index is -0.269. The van der Waals surface area contributed by atoms with Crippen molar-refractivity contribution >= 4 is 5.91 Å². The van der Waals surface area contributed by atoms with E-state index in [4.69, 9.17) is 4.52 Å². The standard InChI is InChI=1S/C18H16N2O3/c21-15-8-6-13(7-9-15)10-11-19-18(22)16-12-17(23-20-16)14-4-2-1-3-5-14/h1-9,12,21H,10-11H2,(H,19,22). The number of nitrogens with zero attached hydrogens (tertiary/aromatic N) is 1. The average Bonchev–Trinajstić information content (AvgIpc) is 3.07. The Balaban J connectivity index is 1.56. The Kier molecular flexibility index (Phi) is 4.38. The van der Waals surface area contributed by atoms with Crippen LogP contribution < -0.4 is 5.32 Å². The third-order valence-corrected chi connectivity index (χ3v) is 3.44. The number of phenols is 1. The number of amides is 1. The van der Waals surface area contributed by atoms with Gasteiger partial charge in [-0.2, -0.15) is 0 Å². The predicted octanol–water partition coefficient (Wildman–Crippen LogP) is 3.02. The summed E-state index contributed by atoms with van der Waals surface area (Å²) in [5, 5.41) is 15.8. The topological polar surface area (TPSA) is 75.4 Å². The van der Waals surface area contributed by atoms with Crippen molar-refractivity contribution in [2.75, 3.05) is 6.54 Å². The highest BCUT2D eigenvalue weighted by atomic mass is 16.5. The van der Waals surface area contributed by atoms with Crippen molar-refractivity contribution in [2.24, 2.45) is 0 Å². The van der Waals surface area contributed by atoms with Gasteiger partial charge < -0.3 is 14.9 Å². The molecule has 0 radical (unpaired) electrons. The first kappa shape index (κ1) is 14.8. The van der Waals surface area contributed by atoms with Crippen LogP contribution in [0, 0.1) is 0 Å². The molecule has 0 aliphatic rings. The normalized spacial score (nSPS) is 10.4. The van der Waals surface area contributed by atoms with Crippen LogP contribution in [0.15, 0.2) is 65.2 Å². The lowest BCUT2D eigenvalue weighted by Gasteiger charge is -2.03. The molecule has 2 N–H and O–H groups in total. The average molecular weight is 308 g/mol. The molecule has 3 aromatic rings. The summed E-state index contributed by atoms with van der Waals surface area (Å²) < 4.78 is 5.21. The molecule has 0 fully saturated rings. The van der Waals surface area contributed by atoms with Gasteiger partial charge in [0.1, 0.15) is 5.75 Å². The van der Waals surface area contributed by atoms with Crippen molar-refractivity contribution in [2.45, 2.75) is 6.42 Å². The van der Waals surface area contributed by atoms with Gasteiger partial charge in [0, 0.05) is 18.2 Å². The monoisotopic (exact) mass is 308 g/mol. The number of aromatic nitrogens is 1. The molecule has 5 nitrogen and oxygen atoms in total. The maximum Gasteiger partial charge on any atom is 0.273 e. The molecule has 0 atom stereocenters. The Labute approximate surface area is 133 Å². The van der Waals surface area contributed by atoms with Crippen LogP contribution in [-0.2, 0) is 6.42 Å². The van der Waals surface area contributed by atoms with E-state index in [1.54, 1.807) is 18.2 Å². The molecule has 0 aliphatic carbocycles. The Morgan fingerprint density at radius 1 is 1.09 bits per heavy atom. The highest BCUT2D eigenvalue weighted by Crippen LogP contribution is 2.19. The second-order valence-electron chi connectivity index (χ2n) is 5.11. The smallest absolute Gasteiger partial charge is 0.273 e. The van der Waals surface area contributed by atoms with E-state index in [2.05, 4.69) is 10.5 Å². The minimum absolute atomic E-state index is 0.230. The van der Waals surface area contributed by atoms with Crippen LogP contribution in [0.5, 0.6) is 5.75 Å². The van der Waals surface area contributed by atoms with Gasteiger partial charge in [-0.1, -0.05) is 47.6 Å². The SMILES string of the molecule is O=C(NCCc1ccc(O)cc1)c1cc(-c2ccccc2)on1. The van der Waals surface area contributed by atoms with Crippen molar-refractivity contribution in [3.05, 3.63) is 71.9 Å². The van der Waals surface area contributed by atoms with Crippen LogP contribution in [0.2, 0.25) is 0 Å². The van der Waals surface area contributed by atoms with Gasteiger partial charge in [0.15, 0.2) is 11.5 Å². The van der Waals surface area contributed by atoms with Gasteiger partial charge in [-0.25, -0.2) is 0 Å². The number of nitrogens with one attached hydrogen (secondary N) is 1. The number of aromatic hydroxyl groups is 1. The molecule has 3 rings (SSSR count). The summed E-state index contributed by atoms with van der Waals surface area (Å²) >= 11 is 0. The maximum absolute atomic E-state index is 12.1. The summed E-state index contributed by atoms with van der Waals surface area (Å²) in [4.78, 5) is 12.1. The molecular formula is C18H16N2O3. The van der Waals surface area contributed by atoms with Gasteiger partial charge in [0.25, 0.3) is 5.91 Å². The van der Waals surface area contributed by atoms with Crippen molar-refractivity contribution < 1.29 is 14.4 Å². The summed E-state index contributed by atoms with van der Waals surface area (Å²) in [5.41, 5.74) is 2.17. The summed E-state index contributed by atoms with van der Waals surface area (Å²) in [5.74, 6) is 0.526. The van der Waals surface area contributed by atoms with Crippen LogP contribution in [-0.4, -0.2) is 22.7 Å². The zero-order valence-electron chi connectivity index (χ0n) is 12.4. The van der Waals surface area contributed by atoms with Gasteiger partial charge in [-0.3, -0.25) is 4.79 Å². The van der Waals surface area contributed by atoms with Crippen molar-refractivity contribution in [3.63, 3.8) is 0 Å². The number of phenolic OH excluding ortho intramolecular Hbond substituents is 1. The van der Waals surface area contributed by atoms with E-state index in [1.165, 1.54) is 0 Å². The second-order valence-corrected chi connectivity index (χ2v) is 5.11. The highest BCUT2D eigenvalue weighted by molar-refractivity contribution is 5.93. The number of carbonyl (C=O) groups is 1. The lowest BCUT2D eigenvalue weighted by Crippen LogP contribution is -2.25. The molecule has 1 aromatic heterocycles. The van der Waals surface area contributed by atoms with E-state index in [0.717, 1.165) is 11.1 Å². The van der Waals surface area contributed by atoms with E-state index >= 15 is 0 Å². The molecule has 0 aliphatic heterocycles. The lowest BCUT2D eigenvalue weighted by atomic mass is 10.1.